The number of hydrogen-bond donors (Lipinski definition) is 2. The maximum atomic E-state index is 14.1. The SMILES string of the molecule is COc1ccc(C(NN)c2ccccc2C)c(F)c1. The van der Waals surface area contributed by atoms with Crippen molar-refractivity contribution in [3.63, 3.8) is 0 Å². The lowest BCUT2D eigenvalue weighted by molar-refractivity contribution is 0.410. The van der Waals surface area contributed by atoms with Gasteiger partial charge < -0.3 is 4.74 Å². The monoisotopic (exact) mass is 260 g/mol. The van der Waals surface area contributed by atoms with Crippen molar-refractivity contribution in [1.82, 2.24) is 5.43 Å². The van der Waals surface area contributed by atoms with E-state index < -0.39 is 0 Å². The van der Waals surface area contributed by atoms with E-state index in [4.69, 9.17) is 10.6 Å². The van der Waals surface area contributed by atoms with Crippen molar-refractivity contribution in [1.29, 1.82) is 0 Å². The zero-order valence-electron chi connectivity index (χ0n) is 11.0. The average molecular weight is 260 g/mol. The first-order valence-electron chi connectivity index (χ1n) is 6.02. The molecule has 1 unspecified atom stereocenters. The van der Waals surface area contributed by atoms with Crippen molar-refractivity contribution < 1.29 is 9.13 Å². The molecule has 2 aromatic carbocycles. The summed E-state index contributed by atoms with van der Waals surface area (Å²) < 4.78 is 19.1. The molecule has 0 aliphatic carbocycles. The van der Waals surface area contributed by atoms with Crippen molar-refractivity contribution in [3.8, 4) is 5.75 Å². The molecular formula is C15H17FN2O. The Morgan fingerprint density at radius 3 is 2.47 bits per heavy atom. The number of nitrogens with two attached hydrogens (primary N) is 1. The summed E-state index contributed by atoms with van der Waals surface area (Å²) in [6, 6.07) is 12.1. The third-order valence-electron chi connectivity index (χ3n) is 3.18. The number of ether oxygens (including phenoxy) is 1. The topological polar surface area (TPSA) is 47.3 Å². The molecule has 0 radical (unpaired) electrons. The first kappa shape index (κ1) is 13.5. The highest BCUT2D eigenvalue weighted by atomic mass is 19.1. The number of nitrogens with one attached hydrogen (secondary N) is 1. The Morgan fingerprint density at radius 2 is 1.89 bits per heavy atom. The molecule has 100 valence electrons. The summed E-state index contributed by atoms with van der Waals surface area (Å²) in [6.07, 6.45) is 0. The van der Waals surface area contributed by atoms with E-state index in [9.17, 15) is 4.39 Å². The molecule has 0 aromatic heterocycles. The minimum atomic E-state index is -0.382. The van der Waals surface area contributed by atoms with Crippen molar-refractivity contribution in [2.24, 2.45) is 5.84 Å². The summed E-state index contributed by atoms with van der Waals surface area (Å²) in [5, 5.41) is 0. The fourth-order valence-electron chi connectivity index (χ4n) is 2.13. The Kier molecular flexibility index (Phi) is 4.14. The van der Waals surface area contributed by atoms with E-state index >= 15 is 0 Å². The van der Waals surface area contributed by atoms with Gasteiger partial charge in [0.15, 0.2) is 0 Å². The molecule has 0 fully saturated rings. The standard InChI is InChI=1S/C15H17FN2O/c1-10-5-3-4-6-12(10)15(18-17)13-8-7-11(19-2)9-14(13)16/h3-9,15,18H,17H2,1-2H3. The summed E-state index contributed by atoms with van der Waals surface area (Å²) in [7, 11) is 1.51. The number of hydrogen-bond acceptors (Lipinski definition) is 3. The molecule has 4 heteroatoms. The molecule has 19 heavy (non-hydrogen) atoms. The van der Waals surface area contributed by atoms with Crippen LogP contribution in [0.15, 0.2) is 42.5 Å². The lowest BCUT2D eigenvalue weighted by Crippen LogP contribution is -2.30. The van der Waals surface area contributed by atoms with E-state index in [-0.39, 0.29) is 11.9 Å². The number of halogens is 1. The first-order chi connectivity index (χ1) is 9.17. The van der Waals surface area contributed by atoms with Crippen LogP contribution in [0.1, 0.15) is 22.7 Å². The molecule has 0 spiro atoms. The van der Waals surface area contributed by atoms with Crippen molar-refractivity contribution >= 4 is 0 Å². The highest BCUT2D eigenvalue weighted by Gasteiger charge is 2.18. The predicted octanol–water partition coefficient (Wildman–Crippen LogP) is 2.70. The van der Waals surface area contributed by atoms with Crippen molar-refractivity contribution in [2.45, 2.75) is 13.0 Å². The van der Waals surface area contributed by atoms with Gasteiger partial charge in [-0.15, -0.1) is 0 Å². The minimum absolute atomic E-state index is 0.342. The van der Waals surface area contributed by atoms with Gasteiger partial charge in [-0.2, -0.15) is 0 Å². The molecule has 0 amide bonds. The smallest absolute Gasteiger partial charge is 0.132 e. The van der Waals surface area contributed by atoms with Crippen LogP contribution in [0.5, 0.6) is 5.75 Å². The van der Waals surface area contributed by atoms with E-state index in [0.29, 0.717) is 11.3 Å². The largest absolute Gasteiger partial charge is 0.497 e. The molecule has 2 rings (SSSR count). The Hall–Kier alpha value is -1.91. The van der Waals surface area contributed by atoms with Gasteiger partial charge in [-0.1, -0.05) is 30.3 Å². The Labute approximate surface area is 112 Å². The molecule has 1 atom stereocenters. The number of benzene rings is 2. The maximum absolute atomic E-state index is 14.1. The molecule has 0 aliphatic rings. The van der Waals surface area contributed by atoms with Crippen LogP contribution in [0.4, 0.5) is 4.39 Å². The van der Waals surface area contributed by atoms with Crippen LogP contribution in [0, 0.1) is 12.7 Å². The van der Waals surface area contributed by atoms with Gasteiger partial charge in [0.2, 0.25) is 0 Å². The second kappa shape index (κ2) is 5.82. The second-order valence-corrected chi connectivity index (χ2v) is 4.34. The molecule has 3 nitrogen and oxygen atoms in total. The molecule has 0 heterocycles. The highest BCUT2D eigenvalue weighted by Crippen LogP contribution is 2.28. The van der Waals surface area contributed by atoms with Crippen LogP contribution in [-0.2, 0) is 0 Å². The van der Waals surface area contributed by atoms with Gasteiger partial charge in [0.1, 0.15) is 11.6 Å². The van der Waals surface area contributed by atoms with E-state index in [1.807, 2.05) is 31.2 Å². The lowest BCUT2D eigenvalue weighted by atomic mass is 9.95. The summed E-state index contributed by atoms with van der Waals surface area (Å²) >= 11 is 0. The molecular weight excluding hydrogens is 243 g/mol. The van der Waals surface area contributed by atoms with Crippen LogP contribution in [0.25, 0.3) is 0 Å². The summed E-state index contributed by atoms with van der Waals surface area (Å²) in [5.74, 6) is 5.74. The number of methoxy groups -OCH3 is 1. The first-order valence-corrected chi connectivity index (χ1v) is 6.02. The average Bonchev–Trinajstić information content (AvgIpc) is 2.43. The van der Waals surface area contributed by atoms with Crippen LogP contribution >= 0.6 is 0 Å². The summed E-state index contributed by atoms with van der Waals surface area (Å²) in [5.41, 5.74) is 5.18. The van der Waals surface area contributed by atoms with Crippen LogP contribution in [0.2, 0.25) is 0 Å². The Bertz CT molecular complexity index is 572. The van der Waals surface area contributed by atoms with Crippen LogP contribution in [0.3, 0.4) is 0 Å². The second-order valence-electron chi connectivity index (χ2n) is 4.34. The van der Waals surface area contributed by atoms with Gasteiger partial charge in [0, 0.05) is 11.6 Å². The quantitative estimate of drug-likeness (QED) is 0.656. The highest BCUT2D eigenvalue weighted by molar-refractivity contribution is 5.39. The van der Waals surface area contributed by atoms with E-state index in [1.165, 1.54) is 13.2 Å². The minimum Gasteiger partial charge on any atom is -0.497 e. The summed E-state index contributed by atoms with van der Waals surface area (Å²) in [4.78, 5) is 0. The normalized spacial score (nSPS) is 12.2. The predicted molar refractivity (Wildman–Crippen MR) is 73.3 cm³/mol. The van der Waals surface area contributed by atoms with Gasteiger partial charge in [-0.3, -0.25) is 5.84 Å². The molecule has 0 saturated heterocycles. The Balaban J connectivity index is 2.46. The molecule has 3 N–H and O–H groups in total. The van der Waals surface area contributed by atoms with E-state index in [2.05, 4.69) is 5.43 Å². The van der Waals surface area contributed by atoms with Crippen LogP contribution < -0.4 is 16.0 Å². The fraction of sp³-hybridized carbons (Fsp3) is 0.200. The van der Waals surface area contributed by atoms with Gasteiger partial charge in [-0.25, -0.2) is 9.82 Å². The lowest BCUT2D eigenvalue weighted by Gasteiger charge is -2.20. The molecule has 0 bridgehead atoms. The van der Waals surface area contributed by atoms with Gasteiger partial charge in [0.25, 0.3) is 0 Å². The van der Waals surface area contributed by atoms with E-state index in [1.54, 1.807) is 12.1 Å². The van der Waals surface area contributed by atoms with Crippen LogP contribution in [-0.4, -0.2) is 7.11 Å². The number of aryl methyl sites for hydroxylation is 1. The van der Waals surface area contributed by atoms with Gasteiger partial charge in [0.05, 0.1) is 13.2 Å². The van der Waals surface area contributed by atoms with E-state index in [0.717, 1.165) is 11.1 Å². The van der Waals surface area contributed by atoms with Crippen molar-refractivity contribution in [3.05, 3.63) is 65.0 Å². The number of hydrazine groups is 1. The fourth-order valence-corrected chi connectivity index (χ4v) is 2.13. The summed E-state index contributed by atoms with van der Waals surface area (Å²) in [6.45, 7) is 1.97. The molecule has 2 aromatic rings. The third kappa shape index (κ3) is 2.75. The third-order valence-corrected chi connectivity index (χ3v) is 3.18. The Morgan fingerprint density at radius 1 is 1.16 bits per heavy atom. The zero-order chi connectivity index (χ0) is 13.8. The van der Waals surface area contributed by atoms with Gasteiger partial charge in [-0.05, 0) is 24.1 Å². The molecule has 0 aliphatic heterocycles. The number of rotatable bonds is 4. The maximum Gasteiger partial charge on any atom is 0.132 e. The van der Waals surface area contributed by atoms with Gasteiger partial charge >= 0.3 is 0 Å². The van der Waals surface area contributed by atoms with Crippen molar-refractivity contribution in [2.75, 3.05) is 7.11 Å². The zero-order valence-corrected chi connectivity index (χ0v) is 11.0. The molecule has 0 saturated carbocycles.